The van der Waals surface area contributed by atoms with Crippen LogP contribution in [0.3, 0.4) is 0 Å². The van der Waals surface area contributed by atoms with Gasteiger partial charge in [-0.2, -0.15) is 0 Å². The molecule has 4 saturated carbocycles. The Balaban J connectivity index is 1.49. The van der Waals surface area contributed by atoms with Gasteiger partial charge in [-0.05, 0) is 109 Å². The van der Waals surface area contributed by atoms with Gasteiger partial charge in [-0.3, -0.25) is 14.4 Å². The largest absolute Gasteiger partial charge is 0.493 e. The summed E-state index contributed by atoms with van der Waals surface area (Å²) in [5, 5.41) is 23.9. The molecule has 0 spiro atoms. The van der Waals surface area contributed by atoms with Crippen molar-refractivity contribution in [1.82, 2.24) is 10.2 Å². The van der Waals surface area contributed by atoms with Gasteiger partial charge in [0.1, 0.15) is 25.1 Å². The summed E-state index contributed by atoms with van der Waals surface area (Å²) >= 11 is 2.05. The Bertz CT molecular complexity index is 1200. The fourth-order valence-electron chi connectivity index (χ4n) is 8.35. The van der Waals surface area contributed by atoms with Gasteiger partial charge in [0.25, 0.3) is 0 Å². The number of carbonyl (C=O) groups is 3. The van der Waals surface area contributed by atoms with Crippen molar-refractivity contribution in [1.29, 1.82) is 0 Å². The number of hydrogen-bond donors (Lipinski definition) is 3. The second-order valence-electron chi connectivity index (χ2n) is 12.7. The van der Waals surface area contributed by atoms with E-state index in [-0.39, 0.29) is 43.4 Å². The summed E-state index contributed by atoms with van der Waals surface area (Å²) in [6.07, 6.45) is 7.37. The minimum Gasteiger partial charge on any atom is -0.493 e. The number of halogens is 1. The van der Waals surface area contributed by atoms with Crippen molar-refractivity contribution in [3.63, 3.8) is 0 Å². The van der Waals surface area contributed by atoms with E-state index in [1.807, 2.05) is 29.5 Å². The fraction of sp³-hybridized carbons (Fsp3) is 0.656. The van der Waals surface area contributed by atoms with E-state index in [0.29, 0.717) is 57.1 Å². The predicted molar refractivity (Wildman–Crippen MR) is 167 cm³/mol. The average molecular weight is 711 g/mol. The maximum atomic E-state index is 13.9. The van der Waals surface area contributed by atoms with Crippen LogP contribution in [0.2, 0.25) is 0 Å². The Hall–Kier alpha value is -2.22. The second kappa shape index (κ2) is 13.8. The van der Waals surface area contributed by atoms with Gasteiger partial charge in [-0.1, -0.05) is 0 Å². The number of rotatable bonds is 13. The minimum absolute atomic E-state index is 0.00354. The summed E-state index contributed by atoms with van der Waals surface area (Å²) in [4.78, 5) is 40.3. The molecule has 4 fully saturated rings. The van der Waals surface area contributed by atoms with Crippen molar-refractivity contribution in [2.45, 2.75) is 70.1 Å². The predicted octanol–water partition coefficient (Wildman–Crippen LogP) is 3.11. The highest BCUT2D eigenvalue weighted by Crippen LogP contribution is 2.60. The van der Waals surface area contributed by atoms with Crippen molar-refractivity contribution < 1.29 is 38.8 Å². The van der Waals surface area contributed by atoms with Gasteiger partial charge in [-0.25, -0.2) is 0 Å². The van der Waals surface area contributed by atoms with Crippen molar-refractivity contribution in [3.8, 4) is 11.5 Å². The minimum atomic E-state index is -1.15. The Labute approximate surface area is 266 Å². The number of nitrogens with one attached hydrogen (secondary N) is 1. The van der Waals surface area contributed by atoms with E-state index in [1.54, 1.807) is 23.1 Å². The van der Waals surface area contributed by atoms with E-state index < -0.39 is 18.2 Å². The molecule has 3 atom stereocenters. The summed E-state index contributed by atoms with van der Waals surface area (Å²) in [6, 6.07) is 2.48. The molecule has 0 heterocycles. The molecule has 0 aliphatic heterocycles. The molecule has 0 radical (unpaired) electrons. The molecule has 0 saturated heterocycles. The number of methoxy groups -OCH3 is 1. The smallest absolute Gasteiger partial charge is 0.248 e. The van der Waals surface area contributed by atoms with E-state index in [9.17, 15) is 24.6 Å². The lowest BCUT2D eigenvalue weighted by Gasteiger charge is -2.58. The number of amides is 2. The summed E-state index contributed by atoms with van der Waals surface area (Å²) in [6.45, 7) is 2.50. The highest BCUT2D eigenvalue weighted by atomic mass is 127. The molecular formula is C32H43IN2O8. The maximum Gasteiger partial charge on any atom is 0.248 e. The zero-order valence-electron chi connectivity index (χ0n) is 24.9. The molecular weight excluding hydrogens is 667 g/mol. The number of carbonyl (C=O) groups excluding carboxylic acids is 3. The van der Waals surface area contributed by atoms with Crippen LogP contribution in [0.5, 0.6) is 11.5 Å². The van der Waals surface area contributed by atoms with Crippen molar-refractivity contribution in [2.24, 2.45) is 23.2 Å². The number of ether oxygens (including phenoxy) is 3. The van der Waals surface area contributed by atoms with E-state index in [2.05, 4.69) is 5.32 Å². The summed E-state index contributed by atoms with van der Waals surface area (Å²) in [5.41, 5.74) is 0.779. The quantitative estimate of drug-likeness (QED) is 0.210. The number of aliphatic hydroxyl groups is 2. The number of aliphatic hydroxyl groups excluding tert-OH is 2. The summed E-state index contributed by atoms with van der Waals surface area (Å²) < 4.78 is 18.0. The number of nitrogens with zero attached hydrogens (tertiary/aromatic N) is 1. The molecule has 6 rings (SSSR count). The van der Waals surface area contributed by atoms with E-state index in [4.69, 9.17) is 14.2 Å². The van der Waals surface area contributed by atoms with Crippen molar-refractivity contribution in [2.75, 3.05) is 40.0 Å². The van der Waals surface area contributed by atoms with E-state index in [1.165, 1.54) is 26.4 Å². The van der Waals surface area contributed by atoms with E-state index in [0.717, 1.165) is 25.5 Å². The zero-order chi connectivity index (χ0) is 30.7. The zero-order valence-corrected chi connectivity index (χ0v) is 27.1. The lowest BCUT2D eigenvalue weighted by Crippen LogP contribution is -2.60. The molecule has 236 valence electrons. The molecule has 10 nitrogen and oxygen atoms in total. The Morgan fingerprint density at radius 1 is 1.16 bits per heavy atom. The number of hydrogen-bond acceptors (Lipinski definition) is 8. The third-order valence-electron chi connectivity index (χ3n) is 9.68. The van der Waals surface area contributed by atoms with Crippen LogP contribution in [0.1, 0.15) is 62.2 Å². The first-order chi connectivity index (χ1) is 20.7. The highest BCUT2D eigenvalue weighted by Gasteiger charge is 2.53. The van der Waals surface area contributed by atoms with Gasteiger partial charge in [0.05, 0.1) is 23.3 Å². The third kappa shape index (κ3) is 7.04. The molecule has 5 aliphatic carbocycles. The van der Waals surface area contributed by atoms with Crippen molar-refractivity contribution in [3.05, 3.63) is 32.9 Å². The average Bonchev–Trinajstić information content (AvgIpc) is 2.98. The molecule has 0 unspecified atom stereocenters. The fourth-order valence-corrected chi connectivity index (χ4v) is 9.10. The van der Waals surface area contributed by atoms with Crippen LogP contribution in [0.15, 0.2) is 23.8 Å². The first kappa shape index (κ1) is 32.2. The standard InChI is InChI=1S/C32H43IN2O8/c1-3-42-17-28(38)35(18-32-13-19-6-20(14-32)8-21(7-19)15-32)25-11-23(31(40)34-4-5-36)12-26(29(25)39)43-30-24(33)9-22(16-37)10-27(30)41-2/h9-10,12,16,19-21,25-26,29,36,39H,3-8,11,13-15,17-18H2,1-2H3,(H,34,40)/t19?,20?,21?,25-,26+,29+,32?/m1/s1. The topological polar surface area (TPSA) is 135 Å². The van der Waals surface area contributed by atoms with Crippen molar-refractivity contribution >= 4 is 40.7 Å². The van der Waals surface area contributed by atoms with Gasteiger partial charge in [-0.15, -0.1) is 0 Å². The molecule has 5 aliphatic rings. The summed E-state index contributed by atoms with van der Waals surface area (Å²) in [7, 11) is 1.47. The van der Waals surface area contributed by atoms with Gasteiger partial charge >= 0.3 is 0 Å². The first-order valence-corrected chi connectivity index (χ1v) is 16.4. The van der Waals surface area contributed by atoms with Crippen LogP contribution >= 0.6 is 22.6 Å². The molecule has 0 aromatic heterocycles. The number of aldehydes is 1. The Kier molecular flexibility index (Phi) is 10.3. The number of benzene rings is 1. The molecule has 1 aromatic carbocycles. The van der Waals surface area contributed by atoms with Gasteiger partial charge in [0.2, 0.25) is 11.8 Å². The van der Waals surface area contributed by atoms with Crippen LogP contribution in [0.4, 0.5) is 0 Å². The molecule has 4 bridgehead atoms. The monoisotopic (exact) mass is 710 g/mol. The molecule has 1 aromatic rings. The van der Waals surface area contributed by atoms with Gasteiger partial charge < -0.3 is 34.6 Å². The third-order valence-corrected chi connectivity index (χ3v) is 10.5. The van der Waals surface area contributed by atoms with Crippen LogP contribution in [-0.4, -0.2) is 91.5 Å². The van der Waals surface area contributed by atoms with Crippen LogP contribution in [0, 0.1) is 26.7 Å². The maximum absolute atomic E-state index is 13.9. The molecule has 43 heavy (non-hydrogen) atoms. The summed E-state index contributed by atoms with van der Waals surface area (Å²) in [5.74, 6) is 2.12. The van der Waals surface area contributed by atoms with Gasteiger partial charge in [0.15, 0.2) is 11.5 Å². The molecule has 11 heteroatoms. The Morgan fingerprint density at radius 3 is 2.42 bits per heavy atom. The molecule has 3 N–H and O–H groups in total. The van der Waals surface area contributed by atoms with Crippen LogP contribution in [0.25, 0.3) is 0 Å². The van der Waals surface area contributed by atoms with Gasteiger partial charge in [0, 0.05) is 37.3 Å². The lowest BCUT2D eigenvalue weighted by molar-refractivity contribution is -0.151. The SMILES string of the molecule is CCOCC(=O)N(CC12CC3CC(CC(C3)C1)C2)[C@@H]1CC(C(=O)NCCO)=C[C@H](Oc2c(I)cc(C=O)cc2OC)[C@H]1O. The highest BCUT2D eigenvalue weighted by molar-refractivity contribution is 14.1. The first-order valence-electron chi connectivity index (χ1n) is 15.3. The van der Waals surface area contributed by atoms with Crippen LogP contribution < -0.4 is 14.8 Å². The lowest BCUT2D eigenvalue weighted by atomic mass is 9.49. The normalized spacial score (nSPS) is 30.9. The van der Waals surface area contributed by atoms with Crippen LogP contribution in [-0.2, 0) is 14.3 Å². The molecule has 2 amide bonds. The Morgan fingerprint density at radius 2 is 1.84 bits per heavy atom. The van der Waals surface area contributed by atoms with E-state index >= 15 is 0 Å². The second-order valence-corrected chi connectivity index (χ2v) is 13.9.